The van der Waals surface area contributed by atoms with Gasteiger partial charge in [0.2, 0.25) is 11.8 Å². The number of fused-ring (bicyclic) bond motifs is 1. The summed E-state index contributed by atoms with van der Waals surface area (Å²) in [6.07, 6.45) is 3.84. The number of benzene rings is 2. The van der Waals surface area contributed by atoms with Crippen LogP contribution in [0.5, 0.6) is 11.6 Å². The van der Waals surface area contributed by atoms with Crippen LogP contribution in [0.25, 0.3) is 6.08 Å². The van der Waals surface area contributed by atoms with Gasteiger partial charge in [0.05, 0.1) is 23.4 Å². The number of nitrogens with one attached hydrogen (secondary N) is 1. The Balaban J connectivity index is 1.70. The lowest BCUT2D eigenvalue weighted by Crippen LogP contribution is -2.38. The summed E-state index contributed by atoms with van der Waals surface area (Å²) >= 11 is 0. The Morgan fingerprint density at radius 1 is 1.05 bits per heavy atom. The Morgan fingerprint density at radius 2 is 1.73 bits per heavy atom. The van der Waals surface area contributed by atoms with E-state index in [0.717, 1.165) is 33.6 Å². The standard InChI is InChI=1S/C31H32N6O3/c1-20-17-23(7-6-14-32)18-21(2)27(20)39-28-25-12-15-37(30(38)40-31(3,4)5)16-13-26(25)35-29(36-28)34-24-10-8-22(19-33)9-11-24/h6-11,17-18H,12-13,15-16H2,1-5H3,(H,34,35,36). The minimum absolute atomic E-state index is 0.355. The minimum atomic E-state index is -0.591. The number of carbonyl (C=O) groups is 1. The molecule has 3 aromatic rings. The van der Waals surface area contributed by atoms with Gasteiger partial charge in [0.1, 0.15) is 11.4 Å². The zero-order valence-corrected chi connectivity index (χ0v) is 23.4. The molecular formula is C31H32N6O3. The molecule has 2 aromatic carbocycles. The fourth-order valence-electron chi connectivity index (χ4n) is 4.44. The Bertz CT molecular complexity index is 1500. The maximum atomic E-state index is 12.8. The van der Waals surface area contributed by atoms with Crippen LogP contribution in [0, 0.1) is 36.5 Å². The monoisotopic (exact) mass is 536 g/mol. The van der Waals surface area contributed by atoms with Crippen LogP contribution >= 0.6 is 0 Å². The SMILES string of the molecule is Cc1cc(C=CC#N)cc(C)c1Oc1nc(Nc2ccc(C#N)cc2)nc2c1CCN(C(=O)OC(C)(C)C)CC2. The summed E-state index contributed by atoms with van der Waals surface area (Å²) in [5, 5.41) is 21.2. The van der Waals surface area contributed by atoms with Gasteiger partial charge in [-0.1, -0.05) is 0 Å². The van der Waals surface area contributed by atoms with Crippen molar-refractivity contribution in [3.05, 3.63) is 76.0 Å². The summed E-state index contributed by atoms with van der Waals surface area (Å²) in [6.45, 7) is 10.3. The van der Waals surface area contributed by atoms with E-state index in [-0.39, 0.29) is 6.09 Å². The second kappa shape index (κ2) is 11.9. The summed E-state index contributed by atoms with van der Waals surface area (Å²) in [6, 6.07) is 15.1. The molecule has 204 valence electrons. The number of hydrogen-bond donors (Lipinski definition) is 1. The molecule has 0 atom stereocenters. The molecule has 4 rings (SSSR count). The number of nitrogens with zero attached hydrogens (tertiary/aromatic N) is 5. The molecule has 1 N–H and O–H groups in total. The van der Waals surface area contributed by atoms with Crippen molar-refractivity contribution in [2.45, 2.75) is 53.1 Å². The Labute approximate surface area is 234 Å². The molecular weight excluding hydrogens is 504 g/mol. The topological polar surface area (TPSA) is 124 Å². The van der Waals surface area contributed by atoms with Crippen molar-refractivity contribution in [2.75, 3.05) is 18.4 Å². The average molecular weight is 537 g/mol. The van der Waals surface area contributed by atoms with Crippen LogP contribution in [0.1, 0.15) is 54.3 Å². The molecule has 1 aromatic heterocycles. The highest BCUT2D eigenvalue weighted by molar-refractivity contribution is 5.68. The van der Waals surface area contributed by atoms with Gasteiger partial charge in [0.15, 0.2) is 0 Å². The molecule has 40 heavy (non-hydrogen) atoms. The fourth-order valence-corrected chi connectivity index (χ4v) is 4.44. The minimum Gasteiger partial charge on any atom is -0.444 e. The molecule has 0 radical (unpaired) electrons. The Morgan fingerprint density at radius 3 is 2.35 bits per heavy atom. The first kappa shape index (κ1) is 28.1. The van der Waals surface area contributed by atoms with Crippen LogP contribution in [0.4, 0.5) is 16.4 Å². The van der Waals surface area contributed by atoms with Crippen molar-refractivity contribution >= 4 is 23.8 Å². The maximum absolute atomic E-state index is 12.8. The van der Waals surface area contributed by atoms with Gasteiger partial charge >= 0.3 is 6.09 Å². The van der Waals surface area contributed by atoms with Gasteiger partial charge in [0, 0.05) is 36.8 Å². The lowest BCUT2D eigenvalue weighted by Gasteiger charge is -2.26. The lowest BCUT2D eigenvalue weighted by molar-refractivity contribution is 0.0258. The van der Waals surface area contributed by atoms with E-state index in [1.165, 1.54) is 6.08 Å². The number of amides is 1. The van der Waals surface area contributed by atoms with E-state index in [0.29, 0.717) is 49.1 Å². The van der Waals surface area contributed by atoms with Gasteiger partial charge < -0.3 is 19.7 Å². The first-order chi connectivity index (χ1) is 19.1. The lowest BCUT2D eigenvalue weighted by atomic mass is 10.0. The number of nitriles is 2. The van der Waals surface area contributed by atoms with Crippen molar-refractivity contribution < 1.29 is 14.3 Å². The highest BCUT2D eigenvalue weighted by Gasteiger charge is 2.27. The summed E-state index contributed by atoms with van der Waals surface area (Å²) in [7, 11) is 0. The van der Waals surface area contributed by atoms with Gasteiger partial charge in [-0.05, 0) is 100 Å². The van der Waals surface area contributed by atoms with Crippen LogP contribution in [0.15, 0.2) is 42.5 Å². The van der Waals surface area contributed by atoms with E-state index in [9.17, 15) is 4.79 Å². The number of anilines is 2. The predicted molar refractivity (Wildman–Crippen MR) is 152 cm³/mol. The Kier molecular flexibility index (Phi) is 8.35. The van der Waals surface area contributed by atoms with E-state index >= 15 is 0 Å². The van der Waals surface area contributed by atoms with Gasteiger partial charge in [0.25, 0.3) is 0 Å². The zero-order chi connectivity index (χ0) is 28.9. The molecule has 0 aliphatic carbocycles. The molecule has 0 saturated carbocycles. The van der Waals surface area contributed by atoms with Crippen LogP contribution in [0.2, 0.25) is 0 Å². The molecule has 0 fully saturated rings. The van der Waals surface area contributed by atoms with Crippen LogP contribution < -0.4 is 10.1 Å². The molecule has 1 aliphatic heterocycles. The number of aryl methyl sites for hydroxylation is 2. The molecule has 2 heterocycles. The highest BCUT2D eigenvalue weighted by atomic mass is 16.6. The quantitative estimate of drug-likeness (QED) is 0.373. The Hall–Kier alpha value is -4.89. The number of rotatable bonds is 5. The third kappa shape index (κ3) is 6.95. The van der Waals surface area contributed by atoms with Gasteiger partial charge in [-0.25, -0.2) is 9.78 Å². The number of ether oxygens (including phenoxy) is 2. The second-order valence-corrected chi connectivity index (χ2v) is 10.6. The smallest absolute Gasteiger partial charge is 0.410 e. The molecule has 1 aliphatic rings. The number of aromatic nitrogens is 2. The van der Waals surface area contributed by atoms with E-state index in [1.54, 1.807) is 35.2 Å². The molecule has 0 saturated heterocycles. The summed E-state index contributed by atoms with van der Waals surface area (Å²) < 4.78 is 12.1. The summed E-state index contributed by atoms with van der Waals surface area (Å²) in [5.74, 6) is 1.44. The normalized spacial score (nSPS) is 13.1. The predicted octanol–water partition coefficient (Wildman–Crippen LogP) is 6.37. The zero-order valence-electron chi connectivity index (χ0n) is 23.4. The van der Waals surface area contributed by atoms with Gasteiger partial charge in [-0.15, -0.1) is 0 Å². The molecule has 9 nitrogen and oxygen atoms in total. The average Bonchev–Trinajstić information content (AvgIpc) is 3.12. The number of carbonyl (C=O) groups excluding carboxylic acids is 1. The van der Waals surface area contributed by atoms with Gasteiger partial charge in [-0.3, -0.25) is 0 Å². The number of hydrogen-bond acceptors (Lipinski definition) is 8. The molecule has 0 bridgehead atoms. The first-order valence-electron chi connectivity index (χ1n) is 13.1. The van der Waals surface area contributed by atoms with E-state index in [1.807, 2.05) is 52.8 Å². The summed E-state index contributed by atoms with van der Waals surface area (Å²) in [5.41, 5.74) is 5.02. The molecule has 9 heteroatoms. The van der Waals surface area contributed by atoms with Crippen molar-refractivity contribution in [3.8, 4) is 23.8 Å². The highest BCUT2D eigenvalue weighted by Crippen LogP contribution is 2.34. The van der Waals surface area contributed by atoms with Gasteiger partial charge in [-0.2, -0.15) is 15.5 Å². The first-order valence-corrected chi connectivity index (χ1v) is 13.1. The molecule has 0 unspecified atom stereocenters. The van der Waals surface area contributed by atoms with E-state index in [4.69, 9.17) is 30.0 Å². The van der Waals surface area contributed by atoms with E-state index in [2.05, 4.69) is 11.4 Å². The molecule has 1 amide bonds. The second-order valence-electron chi connectivity index (χ2n) is 10.6. The van der Waals surface area contributed by atoms with Crippen molar-refractivity contribution in [2.24, 2.45) is 0 Å². The van der Waals surface area contributed by atoms with Crippen molar-refractivity contribution in [1.29, 1.82) is 10.5 Å². The van der Waals surface area contributed by atoms with Crippen LogP contribution in [0.3, 0.4) is 0 Å². The van der Waals surface area contributed by atoms with Crippen LogP contribution in [-0.4, -0.2) is 39.7 Å². The third-order valence-corrected chi connectivity index (χ3v) is 6.26. The van der Waals surface area contributed by atoms with Crippen molar-refractivity contribution in [3.63, 3.8) is 0 Å². The van der Waals surface area contributed by atoms with Crippen LogP contribution in [-0.2, 0) is 17.6 Å². The largest absolute Gasteiger partial charge is 0.444 e. The van der Waals surface area contributed by atoms with Crippen molar-refractivity contribution in [1.82, 2.24) is 14.9 Å². The fraction of sp³-hybridized carbons (Fsp3) is 0.323. The molecule has 0 spiro atoms. The maximum Gasteiger partial charge on any atom is 0.410 e. The third-order valence-electron chi connectivity index (χ3n) is 6.26. The summed E-state index contributed by atoms with van der Waals surface area (Å²) in [4.78, 5) is 24.0. The van der Waals surface area contributed by atoms with E-state index < -0.39 is 5.60 Å². The number of allylic oxidation sites excluding steroid dienone is 1.